The van der Waals surface area contributed by atoms with Gasteiger partial charge >= 0.3 is 11.1 Å². The highest BCUT2D eigenvalue weighted by atomic mass is 32.2. The summed E-state index contributed by atoms with van der Waals surface area (Å²) in [6.07, 6.45) is 0. The Bertz CT molecular complexity index is 795. The van der Waals surface area contributed by atoms with Crippen LogP contribution >= 0.6 is 11.8 Å². The monoisotopic (exact) mass is 293 g/mol. The van der Waals surface area contributed by atoms with E-state index in [0.29, 0.717) is 10.6 Å². The molecule has 0 aliphatic heterocycles. The zero-order valence-corrected chi connectivity index (χ0v) is 11.2. The lowest BCUT2D eigenvalue weighted by molar-refractivity contribution is 0.100. The summed E-state index contributed by atoms with van der Waals surface area (Å²) in [5, 5.41) is 2.60. The van der Waals surface area contributed by atoms with Gasteiger partial charge in [0.25, 0.3) is 0 Å². The number of primary amides is 1. The summed E-state index contributed by atoms with van der Waals surface area (Å²) in [6, 6.07) is 4.55. The molecule has 104 valence electrons. The van der Waals surface area contributed by atoms with E-state index in [0.717, 1.165) is 11.8 Å². The molecule has 8 nitrogen and oxygen atoms in total. The summed E-state index contributed by atoms with van der Waals surface area (Å²) in [7, 11) is 1.55. The quantitative estimate of drug-likeness (QED) is 0.505. The summed E-state index contributed by atoms with van der Waals surface area (Å²) in [5.41, 5.74) is 9.90. The van der Waals surface area contributed by atoms with E-state index in [9.17, 15) is 14.4 Å². The van der Waals surface area contributed by atoms with Gasteiger partial charge in [0, 0.05) is 23.2 Å². The van der Waals surface area contributed by atoms with E-state index < -0.39 is 17.0 Å². The second-order valence-electron chi connectivity index (χ2n) is 3.92. The fourth-order valence-corrected chi connectivity index (χ4v) is 2.27. The number of nitrogen functional groups attached to an aromatic ring is 1. The lowest BCUT2D eigenvalue weighted by Crippen LogP contribution is -2.33. The zero-order valence-electron chi connectivity index (χ0n) is 10.4. The Morgan fingerprint density at radius 3 is 2.70 bits per heavy atom. The molecule has 1 heterocycles. The number of aryl methyl sites for hydroxylation is 1. The molecular weight excluding hydrogens is 282 g/mol. The Kier molecular flexibility index (Phi) is 3.61. The van der Waals surface area contributed by atoms with Crippen LogP contribution in [0.2, 0.25) is 0 Å². The number of hydrogen-bond donors (Lipinski definition) is 3. The van der Waals surface area contributed by atoms with Gasteiger partial charge in [-0.2, -0.15) is 4.98 Å². The minimum Gasteiger partial charge on any atom is -0.398 e. The molecule has 9 heteroatoms. The molecular formula is C11H11N5O3S. The van der Waals surface area contributed by atoms with Crippen LogP contribution in [-0.4, -0.2) is 20.7 Å². The van der Waals surface area contributed by atoms with Gasteiger partial charge in [-0.15, -0.1) is 0 Å². The van der Waals surface area contributed by atoms with Gasteiger partial charge < -0.3 is 11.5 Å². The van der Waals surface area contributed by atoms with Gasteiger partial charge in [0.2, 0.25) is 5.91 Å². The van der Waals surface area contributed by atoms with Crippen molar-refractivity contribution in [3.8, 4) is 0 Å². The van der Waals surface area contributed by atoms with Gasteiger partial charge in [-0.05, 0) is 30.0 Å². The van der Waals surface area contributed by atoms with E-state index in [2.05, 4.69) is 10.1 Å². The van der Waals surface area contributed by atoms with Gasteiger partial charge in [-0.1, -0.05) is 0 Å². The number of rotatable bonds is 3. The smallest absolute Gasteiger partial charge is 0.339 e. The van der Waals surface area contributed by atoms with Gasteiger partial charge in [-0.25, -0.2) is 0 Å². The fourth-order valence-electron chi connectivity index (χ4n) is 1.44. The number of benzene rings is 1. The second-order valence-corrected chi connectivity index (χ2v) is 4.93. The van der Waals surface area contributed by atoms with E-state index in [1.54, 1.807) is 13.1 Å². The molecule has 2 aromatic rings. The van der Waals surface area contributed by atoms with Crippen LogP contribution in [0.25, 0.3) is 0 Å². The Morgan fingerprint density at radius 1 is 1.40 bits per heavy atom. The summed E-state index contributed by atoms with van der Waals surface area (Å²) >= 11 is 1.09. The van der Waals surface area contributed by atoms with Crippen LogP contribution in [0, 0.1) is 0 Å². The molecule has 0 spiro atoms. The van der Waals surface area contributed by atoms with E-state index >= 15 is 0 Å². The van der Waals surface area contributed by atoms with E-state index in [4.69, 9.17) is 11.5 Å². The molecule has 0 atom stereocenters. The normalized spacial score (nSPS) is 10.4. The predicted octanol–water partition coefficient (Wildman–Crippen LogP) is -0.699. The number of anilines is 1. The Hall–Kier alpha value is -2.55. The van der Waals surface area contributed by atoms with Gasteiger partial charge in [-0.3, -0.25) is 24.2 Å². The molecule has 0 saturated carbocycles. The SMILES string of the molecule is Cn1[nH]c(=O)c(=O)nc1Sc1ccc(C(N)=O)cc1N. The number of hydrogen-bond acceptors (Lipinski definition) is 6. The first-order chi connectivity index (χ1) is 9.38. The lowest BCUT2D eigenvalue weighted by Gasteiger charge is -2.08. The van der Waals surface area contributed by atoms with E-state index in [1.807, 2.05) is 0 Å². The number of nitrogens with zero attached hydrogens (tertiary/aromatic N) is 2. The average Bonchev–Trinajstić information content (AvgIpc) is 2.37. The number of nitrogens with two attached hydrogens (primary N) is 2. The Balaban J connectivity index is 2.40. The minimum absolute atomic E-state index is 0.271. The molecule has 0 radical (unpaired) electrons. The molecule has 0 aliphatic rings. The largest absolute Gasteiger partial charge is 0.398 e. The van der Waals surface area contributed by atoms with Crippen molar-refractivity contribution in [3.05, 3.63) is 44.5 Å². The van der Waals surface area contributed by atoms with Crippen molar-refractivity contribution in [2.24, 2.45) is 12.8 Å². The molecule has 5 N–H and O–H groups in total. The fraction of sp³-hybridized carbons (Fsp3) is 0.0909. The maximum atomic E-state index is 11.2. The highest BCUT2D eigenvalue weighted by molar-refractivity contribution is 7.99. The number of aromatic nitrogens is 3. The second kappa shape index (κ2) is 5.21. The third kappa shape index (κ3) is 2.72. The molecule has 0 aliphatic carbocycles. The average molecular weight is 293 g/mol. The van der Waals surface area contributed by atoms with Crippen LogP contribution in [0.15, 0.2) is 37.8 Å². The van der Waals surface area contributed by atoms with Crippen molar-refractivity contribution >= 4 is 23.4 Å². The van der Waals surface area contributed by atoms with Crippen molar-refractivity contribution in [3.63, 3.8) is 0 Å². The number of amides is 1. The van der Waals surface area contributed by atoms with Crippen LogP contribution in [0.1, 0.15) is 10.4 Å². The highest BCUT2D eigenvalue weighted by Gasteiger charge is 2.10. The standard InChI is InChI=1S/C11H11N5O3S/c1-16-11(14-9(18)10(19)15-16)20-7-3-2-5(8(13)17)4-6(7)12/h2-4H,12H2,1H3,(H2,13,17)(H,15,19). The first-order valence-electron chi connectivity index (χ1n) is 5.43. The number of carbonyl (C=O) groups excluding carboxylic acids is 1. The maximum absolute atomic E-state index is 11.2. The molecule has 0 fully saturated rings. The molecule has 2 rings (SSSR count). The van der Waals surface area contributed by atoms with Crippen LogP contribution < -0.4 is 22.6 Å². The third-order valence-corrected chi connectivity index (χ3v) is 3.58. The number of carbonyl (C=O) groups is 1. The maximum Gasteiger partial charge on any atom is 0.339 e. The van der Waals surface area contributed by atoms with Crippen molar-refractivity contribution in [2.45, 2.75) is 10.1 Å². The molecule has 0 saturated heterocycles. The molecule has 1 aromatic heterocycles. The van der Waals surface area contributed by atoms with Crippen molar-refractivity contribution < 1.29 is 4.79 Å². The van der Waals surface area contributed by atoms with Gasteiger partial charge in [0.05, 0.1) is 0 Å². The lowest BCUT2D eigenvalue weighted by atomic mass is 10.2. The van der Waals surface area contributed by atoms with E-state index in [-0.39, 0.29) is 10.7 Å². The van der Waals surface area contributed by atoms with E-state index in [1.165, 1.54) is 16.8 Å². The highest BCUT2D eigenvalue weighted by Crippen LogP contribution is 2.30. The first-order valence-corrected chi connectivity index (χ1v) is 6.24. The molecule has 1 amide bonds. The van der Waals surface area contributed by atoms with Crippen molar-refractivity contribution in [2.75, 3.05) is 5.73 Å². The minimum atomic E-state index is -0.877. The zero-order chi connectivity index (χ0) is 14.9. The summed E-state index contributed by atoms with van der Waals surface area (Å²) in [4.78, 5) is 37.6. The van der Waals surface area contributed by atoms with Crippen LogP contribution in [0.3, 0.4) is 0 Å². The molecule has 0 bridgehead atoms. The van der Waals surface area contributed by atoms with Gasteiger partial charge in [0.1, 0.15) is 0 Å². The first kappa shape index (κ1) is 13.9. The van der Waals surface area contributed by atoms with Crippen LogP contribution in [-0.2, 0) is 7.05 Å². The summed E-state index contributed by atoms with van der Waals surface area (Å²) in [6.45, 7) is 0. The van der Waals surface area contributed by atoms with Crippen LogP contribution in [0.5, 0.6) is 0 Å². The van der Waals surface area contributed by atoms with Crippen LogP contribution in [0.4, 0.5) is 5.69 Å². The number of aromatic amines is 1. The Labute approximate surface area is 116 Å². The third-order valence-electron chi connectivity index (χ3n) is 2.44. The molecule has 0 unspecified atom stereocenters. The molecule has 1 aromatic carbocycles. The predicted molar refractivity (Wildman–Crippen MR) is 73.6 cm³/mol. The van der Waals surface area contributed by atoms with Gasteiger partial charge in [0.15, 0.2) is 5.16 Å². The summed E-state index contributed by atoms with van der Waals surface area (Å²) in [5.74, 6) is -0.581. The Morgan fingerprint density at radius 2 is 2.10 bits per heavy atom. The van der Waals surface area contributed by atoms with Crippen molar-refractivity contribution in [1.82, 2.24) is 14.8 Å². The number of nitrogens with one attached hydrogen (secondary N) is 1. The summed E-state index contributed by atoms with van der Waals surface area (Å²) < 4.78 is 1.32. The molecule has 20 heavy (non-hydrogen) atoms. The number of H-pyrrole nitrogens is 1. The topological polar surface area (TPSA) is 137 Å². The van der Waals surface area contributed by atoms with Crippen molar-refractivity contribution in [1.29, 1.82) is 0 Å².